The van der Waals surface area contributed by atoms with Gasteiger partial charge < -0.3 is 15.4 Å². The SMILES string of the molecule is CN=C(NCCc1ccc(C)c(OC)c1)NCc1ccn(-c2ccccc2)n1. The van der Waals surface area contributed by atoms with Gasteiger partial charge in [0, 0.05) is 19.8 Å². The van der Waals surface area contributed by atoms with Gasteiger partial charge in [-0.2, -0.15) is 5.10 Å². The zero-order valence-corrected chi connectivity index (χ0v) is 16.6. The van der Waals surface area contributed by atoms with Crippen molar-refractivity contribution in [2.24, 2.45) is 4.99 Å². The molecular formula is C22H27N5O. The van der Waals surface area contributed by atoms with Crippen LogP contribution in [0.3, 0.4) is 0 Å². The quantitative estimate of drug-likeness (QED) is 0.491. The summed E-state index contributed by atoms with van der Waals surface area (Å²) in [5.41, 5.74) is 4.37. The Labute approximate surface area is 166 Å². The lowest BCUT2D eigenvalue weighted by Crippen LogP contribution is -2.38. The van der Waals surface area contributed by atoms with Crippen LogP contribution in [0.2, 0.25) is 0 Å². The number of aliphatic imine (C=N–C) groups is 1. The molecule has 0 spiro atoms. The molecule has 0 saturated heterocycles. The molecule has 0 unspecified atom stereocenters. The van der Waals surface area contributed by atoms with Gasteiger partial charge in [0.15, 0.2) is 5.96 Å². The second kappa shape index (κ2) is 9.60. The average Bonchev–Trinajstić information content (AvgIpc) is 3.21. The normalized spacial score (nSPS) is 11.3. The molecule has 2 aromatic carbocycles. The Morgan fingerprint density at radius 2 is 1.93 bits per heavy atom. The first-order valence-corrected chi connectivity index (χ1v) is 9.37. The first kappa shape index (κ1) is 19.5. The van der Waals surface area contributed by atoms with Gasteiger partial charge in [-0.15, -0.1) is 0 Å². The first-order chi connectivity index (χ1) is 13.7. The zero-order chi connectivity index (χ0) is 19.8. The van der Waals surface area contributed by atoms with E-state index in [9.17, 15) is 0 Å². The third-order valence-corrected chi connectivity index (χ3v) is 4.50. The lowest BCUT2D eigenvalue weighted by atomic mass is 10.1. The Morgan fingerprint density at radius 3 is 2.68 bits per heavy atom. The summed E-state index contributed by atoms with van der Waals surface area (Å²) in [7, 11) is 3.47. The van der Waals surface area contributed by atoms with Gasteiger partial charge in [0.05, 0.1) is 25.0 Å². The summed E-state index contributed by atoms with van der Waals surface area (Å²) >= 11 is 0. The number of ether oxygens (including phenoxy) is 1. The van der Waals surface area contributed by atoms with E-state index >= 15 is 0 Å². The highest BCUT2D eigenvalue weighted by molar-refractivity contribution is 5.79. The molecule has 0 amide bonds. The van der Waals surface area contributed by atoms with Crippen LogP contribution < -0.4 is 15.4 Å². The summed E-state index contributed by atoms with van der Waals surface area (Å²) in [6.07, 6.45) is 2.85. The number of rotatable bonds is 7. The molecule has 0 aliphatic carbocycles. The summed E-state index contributed by atoms with van der Waals surface area (Å²) in [4.78, 5) is 4.28. The van der Waals surface area contributed by atoms with Crippen molar-refractivity contribution in [2.75, 3.05) is 20.7 Å². The molecule has 6 heteroatoms. The molecule has 2 N–H and O–H groups in total. The molecule has 0 radical (unpaired) electrons. The summed E-state index contributed by atoms with van der Waals surface area (Å²) < 4.78 is 7.26. The van der Waals surface area contributed by atoms with Gasteiger partial charge in [0.25, 0.3) is 0 Å². The number of para-hydroxylation sites is 1. The maximum Gasteiger partial charge on any atom is 0.191 e. The van der Waals surface area contributed by atoms with Crippen molar-refractivity contribution < 1.29 is 4.74 Å². The number of nitrogens with zero attached hydrogens (tertiary/aromatic N) is 3. The molecule has 28 heavy (non-hydrogen) atoms. The van der Waals surface area contributed by atoms with E-state index in [0.29, 0.717) is 6.54 Å². The Hall–Kier alpha value is -3.28. The predicted molar refractivity (Wildman–Crippen MR) is 113 cm³/mol. The molecule has 6 nitrogen and oxygen atoms in total. The molecule has 3 rings (SSSR count). The number of aryl methyl sites for hydroxylation is 1. The molecular weight excluding hydrogens is 350 g/mol. The molecule has 146 valence electrons. The highest BCUT2D eigenvalue weighted by Gasteiger charge is 2.04. The van der Waals surface area contributed by atoms with Gasteiger partial charge in [0.1, 0.15) is 5.75 Å². The maximum absolute atomic E-state index is 5.39. The minimum absolute atomic E-state index is 0.609. The van der Waals surface area contributed by atoms with Crippen LogP contribution in [0.15, 0.2) is 65.8 Å². The molecule has 3 aromatic rings. The van der Waals surface area contributed by atoms with Gasteiger partial charge in [-0.1, -0.05) is 30.3 Å². The number of hydrogen-bond donors (Lipinski definition) is 2. The fourth-order valence-electron chi connectivity index (χ4n) is 2.92. The van der Waals surface area contributed by atoms with Crippen LogP contribution in [0.4, 0.5) is 0 Å². The molecule has 0 fully saturated rings. The molecule has 0 aliphatic rings. The Morgan fingerprint density at radius 1 is 1.11 bits per heavy atom. The minimum atomic E-state index is 0.609. The molecule has 0 aliphatic heterocycles. The Kier molecular flexibility index (Phi) is 6.68. The highest BCUT2D eigenvalue weighted by Crippen LogP contribution is 2.19. The van der Waals surface area contributed by atoms with Crippen LogP contribution in [0.5, 0.6) is 5.75 Å². The fourth-order valence-corrected chi connectivity index (χ4v) is 2.92. The van der Waals surface area contributed by atoms with E-state index in [0.717, 1.165) is 41.6 Å². The second-order valence-corrected chi connectivity index (χ2v) is 6.49. The van der Waals surface area contributed by atoms with Crippen molar-refractivity contribution in [3.63, 3.8) is 0 Å². The van der Waals surface area contributed by atoms with Crippen LogP contribution in [-0.2, 0) is 13.0 Å². The lowest BCUT2D eigenvalue weighted by Gasteiger charge is -2.12. The average molecular weight is 377 g/mol. The third kappa shape index (κ3) is 5.13. The number of hydrogen-bond acceptors (Lipinski definition) is 3. The summed E-state index contributed by atoms with van der Waals surface area (Å²) in [6.45, 7) is 3.44. The van der Waals surface area contributed by atoms with Gasteiger partial charge >= 0.3 is 0 Å². The van der Waals surface area contributed by atoms with E-state index in [1.165, 1.54) is 5.56 Å². The molecule has 0 bridgehead atoms. The van der Waals surface area contributed by atoms with E-state index in [1.54, 1.807) is 14.2 Å². The topological polar surface area (TPSA) is 63.5 Å². The number of nitrogens with one attached hydrogen (secondary N) is 2. The second-order valence-electron chi connectivity index (χ2n) is 6.49. The number of benzene rings is 2. The maximum atomic E-state index is 5.39. The predicted octanol–water partition coefficient (Wildman–Crippen LogP) is 3.10. The van der Waals surface area contributed by atoms with E-state index in [1.807, 2.05) is 54.2 Å². The Balaban J connectivity index is 1.48. The Bertz CT molecular complexity index is 918. The summed E-state index contributed by atoms with van der Waals surface area (Å²) in [5.74, 6) is 1.68. The van der Waals surface area contributed by atoms with Crippen molar-refractivity contribution in [3.8, 4) is 11.4 Å². The third-order valence-electron chi connectivity index (χ3n) is 4.50. The van der Waals surface area contributed by atoms with Crippen molar-refractivity contribution in [1.29, 1.82) is 0 Å². The first-order valence-electron chi connectivity index (χ1n) is 9.37. The molecule has 0 atom stereocenters. The van der Waals surface area contributed by atoms with Gasteiger partial charge in [0.2, 0.25) is 0 Å². The van der Waals surface area contributed by atoms with Crippen LogP contribution in [0.25, 0.3) is 5.69 Å². The lowest BCUT2D eigenvalue weighted by molar-refractivity contribution is 0.411. The molecule has 1 heterocycles. The fraction of sp³-hybridized carbons (Fsp3) is 0.273. The molecule has 1 aromatic heterocycles. The van der Waals surface area contributed by atoms with E-state index in [2.05, 4.69) is 38.9 Å². The largest absolute Gasteiger partial charge is 0.496 e. The number of methoxy groups -OCH3 is 1. The van der Waals surface area contributed by atoms with Crippen LogP contribution in [-0.4, -0.2) is 36.4 Å². The standard InChI is InChI=1S/C22H27N5O/c1-17-9-10-18(15-21(17)28-3)11-13-24-22(23-2)25-16-19-12-14-27(26-19)20-7-5-4-6-8-20/h4-10,12,14-15H,11,13,16H2,1-3H3,(H2,23,24,25). The zero-order valence-electron chi connectivity index (χ0n) is 16.6. The van der Waals surface area contributed by atoms with Gasteiger partial charge in [-0.05, 0) is 48.7 Å². The van der Waals surface area contributed by atoms with E-state index in [4.69, 9.17) is 4.74 Å². The van der Waals surface area contributed by atoms with Gasteiger partial charge in [-0.25, -0.2) is 4.68 Å². The van der Waals surface area contributed by atoms with Crippen molar-refractivity contribution in [1.82, 2.24) is 20.4 Å². The van der Waals surface area contributed by atoms with Crippen molar-refractivity contribution in [3.05, 3.63) is 77.6 Å². The minimum Gasteiger partial charge on any atom is -0.496 e. The van der Waals surface area contributed by atoms with Crippen LogP contribution in [0, 0.1) is 6.92 Å². The van der Waals surface area contributed by atoms with Crippen LogP contribution in [0.1, 0.15) is 16.8 Å². The van der Waals surface area contributed by atoms with E-state index < -0.39 is 0 Å². The number of guanidine groups is 1. The highest BCUT2D eigenvalue weighted by atomic mass is 16.5. The van der Waals surface area contributed by atoms with Gasteiger partial charge in [-0.3, -0.25) is 4.99 Å². The van der Waals surface area contributed by atoms with Crippen LogP contribution >= 0.6 is 0 Å². The van der Waals surface area contributed by atoms with Crippen molar-refractivity contribution >= 4 is 5.96 Å². The molecule has 0 saturated carbocycles. The number of aromatic nitrogens is 2. The smallest absolute Gasteiger partial charge is 0.191 e. The van der Waals surface area contributed by atoms with Crippen molar-refractivity contribution in [2.45, 2.75) is 19.9 Å². The summed E-state index contributed by atoms with van der Waals surface area (Å²) in [6, 6.07) is 18.4. The monoisotopic (exact) mass is 377 g/mol. The van der Waals surface area contributed by atoms with E-state index in [-0.39, 0.29) is 0 Å². The summed E-state index contributed by atoms with van der Waals surface area (Å²) in [5, 5.41) is 11.2.